The highest BCUT2D eigenvalue weighted by Crippen LogP contribution is 2.40. The van der Waals surface area contributed by atoms with Crippen LogP contribution in [-0.4, -0.2) is 19.7 Å². The molecule has 5 rings (SSSR count). The first-order chi connectivity index (χ1) is 18.8. The quantitative estimate of drug-likeness (QED) is 0.259. The van der Waals surface area contributed by atoms with Gasteiger partial charge in [-0.2, -0.15) is 5.10 Å². The highest BCUT2D eigenvalue weighted by molar-refractivity contribution is 5.66. The van der Waals surface area contributed by atoms with Gasteiger partial charge in [-0.3, -0.25) is 4.68 Å². The fourth-order valence-corrected chi connectivity index (χ4v) is 4.37. The SMILES string of the molecule is C#C.CCCC.Cc1ccc(-c2ncc(C)c(N(Cc3ccnn3C)c3ccc(C4(N)CCC4)cc3)n2)cc1. The van der Waals surface area contributed by atoms with E-state index in [0.717, 1.165) is 47.0 Å². The fraction of sp³-hybridized carbons (Fsp3) is 0.364. The lowest BCUT2D eigenvalue weighted by molar-refractivity contribution is 0.253. The largest absolute Gasteiger partial charge is 0.321 e. The molecule has 4 aromatic rings. The number of hydrogen-bond donors (Lipinski definition) is 1. The van der Waals surface area contributed by atoms with Gasteiger partial charge in [0, 0.05) is 41.8 Å². The average molecular weight is 523 g/mol. The van der Waals surface area contributed by atoms with Crippen LogP contribution in [0.2, 0.25) is 0 Å². The minimum atomic E-state index is -0.172. The van der Waals surface area contributed by atoms with E-state index in [1.54, 1.807) is 0 Å². The summed E-state index contributed by atoms with van der Waals surface area (Å²) in [5, 5.41) is 4.36. The summed E-state index contributed by atoms with van der Waals surface area (Å²) in [4.78, 5) is 11.9. The highest BCUT2D eigenvalue weighted by Gasteiger charge is 2.34. The molecule has 2 aromatic heterocycles. The van der Waals surface area contributed by atoms with Crippen LogP contribution in [0.15, 0.2) is 67.0 Å². The van der Waals surface area contributed by atoms with Crippen molar-refractivity contribution in [3.8, 4) is 24.2 Å². The van der Waals surface area contributed by atoms with E-state index in [4.69, 9.17) is 10.7 Å². The molecular formula is C33H42N6. The molecule has 1 fully saturated rings. The fourth-order valence-electron chi connectivity index (χ4n) is 4.37. The van der Waals surface area contributed by atoms with Crippen molar-refractivity contribution >= 4 is 11.5 Å². The average Bonchev–Trinajstić information content (AvgIpc) is 3.36. The summed E-state index contributed by atoms with van der Waals surface area (Å²) in [7, 11) is 1.97. The minimum Gasteiger partial charge on any atom is -0.321 e. The molecule has 2 N–H and O–H groups in total. The molecule has 0 aliphatic heterocycles. The van der Waals surface area contributed by atoms with E-state index in [0.29, 0.717) is 6.54 Å². The van der Waals surface area contributed by atoms with E-state index in [1.807, 2.05) is 30.2 Å². The first-order valence-corrected chi connectivity index (χ1v) is 13.7. The number of terminal acetylenes is 1. The van der Waals surface area contributed by atoms with Gasteiger partial charge < -0.3 is 10.6 Å². The van der Waals surface area contributed by atoms with E-state index in [9.17, 15) is 0 Å². The number of nitrogens with zero attached hydrogens (tertiary/aromatic N) is 5. The molecule has 1 aliphatic rings. The number of rotatable bonds is 7. The summed E-state index contributed by atoms with van der Waals surface area (Å²) in [6.07, 6.45) is 17.7. The summed E-state index contributed by atoms with van der Waals surface area (Å²) in [6, 6.07) is 19.0. The zero-order chi connectivity index (χ0) is 28.4. The number of hydrogen-bond acceptors (Lipinski definition) is 5. The highest BCUT2D eigenvalue weighted by atomic mass is 15.3. The summed E-state index contributed by atoms with van der Waals surface area (Å²) in [6.45, 7) is 9.15. The predicted molar refractivity (Wildman–Crippen MR) is 163 cm³/mol. The first-order valence-electron chi connectivity index (χ1n) is 13.7. The van der Waals surface area contributed by atoms with Crippen LogP contribution in [0.1, 0.15) is 68.3 Å². The second-order valence-corrected chi connectivity index (χ2v) is 10.2. The van der Waals surface area contributed by atoms with Crippen LogP contribution in [0.4, 0.5) is 11.5 Å². The van der Waals surface area contributed by atoms with Crippen LogP contribution >= 0.6 is 0 Å². The third kappa shape index (κ3) is 7.13. The van der Waals surface area contributed by atoms with Gasteiger partial charge in [0.25, 0.3) is 0 Å². The molecule has 1 saturated carbocycles. The van der Waals surface area contributed by atoms with Crippen LogP contribution in [0, 0.1) is 26.7 Å². The molecule has 0 atom stereocenters. The minimum absolute atomic E-state index is 0.172. The van der Waals surface area contributed by atoms with Gasteiger partial charge >= 0.3 is 0 Å². The molecule has 0 saturated heterocycles. The predicted octanol–water partition coefficient (Wildman–Crippen LogP) is 7.23. The summed E-state index contributed by atoms with van der Waals surface area (Å²) >= 11 is 0. The van der Waals surface area contributed by atoms with Crippen molar-refractivity contribution in [2.24, 2.45) is 12.8 Å². The molecule has 39 heavy (non-hydrogen) atoms. The second kappa shape index (κ2) is 13.7. The Balaban J connectivity index is 0.000000644. The second-order valence-electron chi connectivity index (χ2n) is 10.2. The Kier molecular flexibility index (Phi) is 10.4. The number of unbranched alkanes of at least 4 members (excludes halogenated alkanes) is 1. The van der Waals surface area contributed by atoms with Crippen LogP contribution in [0.5, 0.6) is 0 Å². The normalized spacial score (nSPS) is 13.2. The van der Waals surface area contributed by atoms with Gasteiger partial charge in [-0.15, -0.1) is 12.8 Å². The van der Waals surface area contributed by atoms with Crippen molar-refractivity contribution in [2.75, 3.05) is 4.90 Å². The summed E-state index contributed by atoms with van der Waals surface area (Å²) < 4.78 is 1.90. The van der Waals surface area contributed by atoms with Crippen molar-refractivity contribution in [1.29, 1.82) is 0 Å². The molecule has 204 valence electrons. The van der Waals surface area contributed by atoms with Gasteiger partial charge in [0.2, 0.25) is 0 Å². The van der Waals surface area contributed by atoms with Crippen molar-refractivity contribution in [3.05, 3.63) is 89.4 Å². The smallest absolute Gasteiger partial charge is 0.161 e. The molecular weight excluding hydrogens is 480 g/mol. The van der Waals surface area contributed by atoms with Crippen molar-refractivity contribution in [1.82, 2.24) is 19.7 Å². The van der Waals surface area contributed by atoms with E-state index < -0.39 is 0 Å². The van der Waals surface area contributed by atoms with Gasteiger partial charge in [0.15, 0.2) is 5.82 Å². The van der Waals surface area contributed by atoms with Gasteiger partial charge in [0.1, 0.15) is 5.82 Å². The Morgan fingerprint density at radius 1 is 0.949 bits per heavy atom. The molecule has 6 nitrogen and oxygen atoms in total. The topological polar surface area (TPSA) is 72.9 Å². The van der Waals surface area contributed by atoms with Gasteiger partial charge in [-0.05, 0) is 56.9 Å². The van der Waals surface area contributed by atoms with E-state index >= 15 is 0 Å². The van der Waals surface area contributed by atoms with Crippen LogP contribution in [-0.2, 0) is 19.1 Å². The van der Waals surface area contributed by atoms with Crippen LogP contribution < -0.4 is 10.6 Å². The maximum Gasteiger partial charge on any atom is 0.161 e. The zero-order valence-corrected chi connectivity index (χ0v) is 24.1. The molecule has 0 spiro atoms. The molecule has 2 heterocycles. The van der Waals surface area contributed by atoms with E-state index in [-0.39, 0.29) is 5.54 Å². The molecule has 0 unspecified atom stereocenters. The van der Waals surface area contributed by atoms with Crippen LogP contribution in [0.25, 0.3) is 11.4 Å². The van der Waals surface area contributed by atoms with Crippen molar-refractivity contribution < 1.29 is 0 Å². The number of benzene rings is 2. The lowest BCUT2D eigenvalue weighted by Gasteiger charge is -2.39. The number of aryl methyl sites for hydroxylation is 3. The molecule has 2 aromatic carbocycles. The van der Waals surface area contributed by atoms with Gasteiger partial charge in [-0.1, -0.05) is 68.7 Å². The van der Waals surface area contributed by atoms with Crippen molar-refractivity contribution in [2.45, 2.75) is 71.9 Å². The maximum absolute atomic E-state index is 6.56. The standard InChI is InChI=1S/C27H30N6.C4H10.C2H2/c1-19-5-7-21(8-6-19)25-29-17-20(2)26(31-25)33(18-24-13-16-30-32(24)3)23-11-9-22(10-12-23)27(28)14-4-15-27;1-3-4-2;1-2/h5-13,16-17H,4,14-15,18,28H2,1-3H3;3-4H2,1-2H3;1-2H. The molecule has 1 aliphatic carbocycles. The van der Waals surface area contributed by atoms with E-state index in [2.05, 4.69) is 104 Å². The third-order valence-electron chi connectivity index (χ3n) is 7.25. The molecule has 0 radical (unpaired) electrons. The first kappa shape index (κ1) is 29.6. The van der Waals surface area contributed by atoms with Gasteiger partial charge in [-0.25, -0.2) is 9.97 Å². The van der Waals surface area contributed by atoms with Crippen LogP contribution in [0.3, 0.4) is 0 Å². The summed E-state index contributed by atoms with van der Waals surface area (Å²) in [5.41, 5.74) is 13.0. The maximum atomic E-state index is 6.56. The lowest BCUT2D eigenvalue weighted by Crippen LogP contribution is -2.43. The number of aromatic nitrogens is 4. The Bertz CT molecular complexity index is 1330. The zero-order valence-electron chi connectivity index (χ0n) is 24.1. The van der Waals surface area contributed by atoms with Crippen molar-refractivity contribution in [3.63, 3.8) is 0 Å². The monoisotopic (exact) mass is 522 g/mol. The van der Waals surface area contributed by atoms with Gasteiger partial charge in [0.05, 0.1) is 12.2 Å². The number of anilines is 2. The molecule has 6 heteroatoms. The molecule has 0 amide bonds. The number of nitrogens with two attached hydrogens (primary N) is 1. The van der Waals surface area contributed by atoms with E-state index in [1.165, 1.54) is 30.4 Å². The Hall–Kier alpha value is -3.95. The Morgan fingerprint density at radius 3 is 2.10 bits per heavy atom. The third-order valence-corrected chi connectivity index (χ3v) is 7.25. The Labute approximate surface area is 234 Å². The molecule has 0 bridgehead atoms. The lowest BCUT2D eigenvalue weighted by atomic mass is 9.73. The summed E-state index contributed by atoms with van der Waals surface area (Å²) in [5.74, 6) is 1.61. The Morgan fingerprint density at radius 2 is 1.59 bits per heavy atom.